The highest BCUT2D eigenvalue weighted by atomic mass is 32.2. The van der Waals surface area contributed by atoms with Gasteiger partial charge in [0.25, 0.3) is 0 Å². The summed E-state index contributed by atoms with van der Waals surface area (Å²) in [6, 6.07) is 5.62. The molecule has 1 saturated carbocycles. The molecule has 1 aliphatic carbocycles. The Hall–Kier alpha value is -1.93. The lowest BCUT2D eigenvalue weighted by molar-refractivity contribution is -0.134. The predicted octanol–water partition coefficient (Wildman–Crippen LogP) is 2.86. The van der Waals surface area contributed by atoms with E-state index < -0.39 is 10.0 Å². The summed E-state index contributed by atoms with van der Waals surface area (Å²) < 4.78 is 27.6. The van der Waals surface area contributed by atoms with Crippen LogP contribution in [0.4, 0.5) is 0 Å². The van der Waals surface area contributed by atoms with Crippen LogP contribution >= 0.6 is 0 Å². The molecule has 1 heterocycles. The Labute approximate surface area is 192 Å². The Balaban J connectivity index is 1.48. The minimum absolute atomic E-state index is 0.0690. The third kappa shape index (κ3) is 5.70. The molecule has 0 spiro atoms. The number of hydrogen-bond donors (Lipinski definition) is 1. The van der Waals surface area contributed by atoms with Crippen LogP contribution in [-0.4, -0.2) is 61.7 Å². The molecule has 0 aromatic heterocycles. The second-order valence-electron chi connectivity index (χ2n) is 9.50. The zero-order valence-electron chi connectivity index (χ0n) is 19.8. The summed E-state index contributed by atoms with van der Waals surface area (Å²) in [7, 11) is -3.59. The first-order valence-electron chi connectivity index (χ1n) is 11.7. The number of carbonyl (C=O) groups excluding carboxylic acids is 2. The third-order valence-electron chi connectivity index (χ3n) is 7.17. The summed E-state index contributed by atoms with van der Waals surface area (Å²) in [6.07, 6.45) is 3.67. The van der Waals surface area contributed by atoms with E-state index >= 15 is 0 Å². The van der Waals surface area contributed by atoms with E-state index in [2.05, 4.69) is 19.2 Å². The molecule has 3 atom stereocenters. The van der Waals surface area contributed by atoms with E-state index in [1.807, 2.05) is 19.1 Å². The maximum Gasteiger partial charge on any atom is 0.243 e. The monoisotopic (exact) mass is 463 g/mol. The van der Waals surface area contributed by atoms with Gasteiger partial charge >= 0.3 is 0 Å². The van der Waals surface area contributed by atoms with Crippen LogP contribution in [0, 0.1) is 25.7 Å². The zero-order chi connectivity index (χ0) is 23.5. The van der Waals surface area contributed by atoms with Gasteiger partial charge in [0.15, 0.2) is 0 Å². The molecule has 0 unspecified atom stereocenters. The van der Waals surface area contributed by atoms with Gasteiger partial charge in [0.1, 0.15) is 0 Å². The maximum atomic E-state index is 13.1. The number of piperazine rings is 1. The maximum absolute atomic E-state index is 13.1. The molecule has 2 aliphatic rings. The van der Waals surface area contributed by atoms with Crippen LogP contribution in [0.2, 0.25) is 0 Å². The van der Waals surface area contributed by atoms with Crippen molar-refractivity contribution >= 4 is 21.8 Å². The van der Waals surface area contributed by atoms with E-state index in [0.717, 1.165) is 24.0 Å². The molecule has 2 amide bonds. The number of carbonyl (C=O) groups is 2. The number of rotatable bonds is 6. The van der Waals surface area contributed by atoms with Crippen LogP contribution in [0.25, 0.3) is 0 Å². The summed E-state index contributed by atoms with van der Waals surface area (Å²) in [5.41, 5.74) is 1.63. The largest absolute Gasteiger partial charge is 0.353 e. The SMILES string of the molecule is Cc1ccc(C)c(S(=O)(=O)N2CCN(C(=O)CCC(=O)N[C@@H]3CCC[C@@H](C)[C@H]3C)CC2)c1. The quantitative estimate of drug-likeness (QED) is 0.703. The average molecular weight is 464 g/mol. The van der Waals surface area contributed by atoms with Crippen molar-refractivity contribution in [2.24, 2.45) is 11.8 Å². The number of sulfonamides is 1. The van der Waals surface area contributed by atoms with Crippen molar-refractivity contribution in [2.75, 3.05) is 26.2 Å². The lowest BCUT2D eigenvalue weighted by atomic mass is 9.78. The second kappa shape index (κ2) is 10.3. The molecule has 7 nitrogen and oxygen atoms in total. The fourth-order valence-electron chi connectivity index (χ4n) is 4.75. The molecule has 3 rings (SSSR count). The fraction of sp³-hybridized carbons (Fsp3) is 0.667. The molecule has 2 fully saturated rings. The molecule has 8 heteroatoms. The van der Waals surface area contributed by atoms with E-state index in [4.69, 9.17) is 0 Å². The Kier molecular flexibility index (Phi) is 7.98. The van der Waals surface area contributed by atoms with Crippen LogP contribution in [-0.2, 0) is 19.6 Å². The first-order valence-corrected chi connectivity index (χ1v) is 13.2. The van der Waals surface area contributed by atoms with Crippen molar-refractivity contribution in [3.05, 3.63) is 29.3 Å². The Bertz CT molecular complexity index is 939. The van der Waals surface area contributed by atoms with Crippen LogP contribution in [0.1, 0.15) is 57.1 Å². The van der Waals surface area contributed by atoms with Crippen molar-refractivity contribution in [3.8, 4) is 0 Å². The zero-order valence-corrected chi connectivity index (χ0v) is 20.6. The Morgan fingerprint density at radius 1 is 1.03 bits per heavy atom. The van der Waals surface area contributed by atoms with Gasteiger partial charge in [-0.1, -0.05) is 38.8 Å². The fourth-order valence-corrected chi connectivity index (χ4v) is 6.48. The van der Waals surface area contributed by atoms with Gasteiger partial charge < -0.3 is 10.2 Å². The van der Waals surface area contributed by atoms with Gasteiger partial charge in [0.2, 0.25) is 21.8 Å². The van der Waals surface area contributed by atoms with E-state index in [1.165, 1.54) is 10.7 Å². The normalized spacial score (nSPS) is 24.9. The van der Waals surface area contributed by atoms with Gasteiger partial charge in [-0.2, -0.15) is 4.31 Å². The highest BCUT2D eigenvalue weighted by Gasteiger charge is 2.32. The summed E-state index contributed by atoms with van der Waals surface area (Å²) in [4.78, 5) is 27.0. The number of nitrogens with one attached hydrogen (secondary N) is 1. The van der Waals surface area contributed by atoms with Crippen molar-refractivity contribution in [1.82, 2.24) is 14.5 Å². The first-order chi connectivity index (χ1) is 15.1. The highest BCUT2D eigenvalue weighted by molar-refractivity contribution is 7.89. The minimum Gasteiger partial charge on any atom is -0.353 e. The van der Waals surface area contributed by atoms with Gasteiger partial charge in [-0.25, -0.2) is 8.42 Å². The van der Waals surface area contributed by atoms with Gasteiger partial charge in [0, 0.05) is 45.1 Å². The van der Waals surface area contributed by atoms with Gasteiger partial charge in [0.05, 0.1) is 4.90 Å². The molecule has 0 bridgehead atoms. The lowest BCUT2D eigenvalue weighted by Crippen LogP contribution is -2.50. The Morgan fingerprint density at radius 2 is 1.72 bits per heavy atom. The van der Waals surface area contributed by atoms with Gasteiger partial charge in [-0.05, 0) is 49.3 Å². The van der Waals surface area contributed by atoms with Crippen molar-refractivity contribution in [2.45, 2.75) is 70.7 Å². The number of aryl methyl sites for hydroxylation is 2. The van der Waals surface area contributed by atoms with Crippen molar-refractivity contribution < 1.29 is 18.0 Å². The van der Waals surface area contributed by atoms with E-state index in [1.54, 1.807) is 17.9 Å². The van der Waals surface area contributed by atoms with Crippen LogP contribution in [0.3, 0.4) is 0 Å². The van der Waals surface area contributed by atoms with Crippen molar-refractivity contribution in [1.29, 1.82) is 0 Å². The third-order valence-corrected chi connectivity index (χ3v) is 9.21. The summed E-state index contributed by atoms with van der Waals surface area (Å²) in [5, 5.41) is 3.12. The Morgan fingerprint density at radius 3 is 2.41 bits per heavy atom. The van der Waals surface area contributed by atoms with Crippen LogP contribution < -0.4 is 5.32 Å². The highest BCUT2D eigenvalue weighted by Crippen LogP contribution is 2.29. The topological polar surface area (TPSA) is 86.8 Å². The molecular weight excluding hydrogens is 426 g/mol. The number of hydrogen-bond acceptors (Lipinski definition) is 4. The molecule has 1 aliphatic heterocycles. The number of amides is 2. The molecule has 0 radical (unpaired) electrons. The summed E-state index contributed by atoms with van der Waals surface area (Å²) in [5.74, 6) is 0.900. The number of nitrogens with zero attached hydrogens (tertiary/aromatic N) is 2. The molecule has 1 N–H and O–H groups in total. The van der Waals surface area contributed by atoms with Crippen LogP contribution in [0.15, 0.2) is 23.1 Å². The van der Waals surface area contributed by atoms with Gasteiger partial charge in [-0.3, -0.25) is 9.59 Å². The first kappa shape index (κ1) is 24.7. The molecule has 1 aromatic rings. The van der Waals surface area contributed by atoms with E-state index in [0.29, 0.717) is 29.8 Å². The number of benzene rings is 1. The predicted molar refractivity (Wildman–Crippen MR) is 125 cm³/mol. The minimum atomic E-state index is -3.59. The van der Waals surface area contributed by atoms with Crippen LogP contribution in [0.5, 0.6) is 0 Å². The molecule has 178 valence electrons. The lowest BCUT2D eigenvalue weighted by Gasteiger charge is -2.35. The van der Waals surface area contributed by atoms with E-state index in [9.17, 15) is 18.0 Å². The smallest absolute Gasteiger partial charge is 0.243 e. The molecule has 1 aromatic carbocycles. The van der Waals surface area contributed by atoms with Gasteiger partial charge in [-0.15, -0.1) is 0 Å². The summed E-state index contributed by atoms with van der Waals surface area (Å²) >= 11 is 0. The molecular formula is C24H37N3O4S. The summed E-state index contributed by atoms with van der Waals surface area (Å²) in [6.45, 7) is 9.32. The molecule has 32 heavy (non-hydrogen) atoms. The van der Waals surface area contributed by atoms with E-state index in [-0.39, 0.29) is 43.8 Å². The molecule has 1 saturated heterocycles. The second-order valence-corrected chi connectivity index (χ2v) is 11.4. The average Bonchev–Trinajstić information content (AvgIpc) is 2.77. The van der Waals surface area contributed by atoms with Crippen molar-refractivity contribution in [3.63, 3.8) is 0 Å². The standard InChI is InChI=1S/C24H37N3O4S/c1-17-8-9-19(3)22(16-17)32(30,31)27-14-12-26(13-15-27)24(29)11-10-23(28)25-21-7-5-6-18(2)20(21)4/h8-9,16,18,20-21H,5-7,10-15H2,1-4H3,(H,25,28)/t18-,20-,21-/m1/s1.